The summed E-state index contributed by atoms with van der Waals surface area (Å²) in [7, 11) is -0.926. The Balaban J connectivity index is 1.60. The number of hydrogen-bond donors (Lipinski definition) is 2. The molecule has 2 aromatic carbocycles. The lowest BCUT2D eigenvalue weighted by molar-refractivity contribution is -0.139. The second-order valence-corrected chi connectivity index (χ2v) is 12.9. The maximum absolute atomic E-state index is 14.3. The lowest BCUT2D eigenvalue weighted by atomic mass is 9.93. The molecule has 0 bridgehead atoms. The van der Waals surface area contributed by atoms with Crippen molar-refractivity contribution in [1.82, 2.24) is 19.8 Å². The number of hydrogen-bond acceptors (Lipinski definition) is 8. The maximum atomic E-state index is 14.3. The van der Waals surface area contributed by atoms with Crippen molar-refractivity contribution in [2.45, 2.75) is 37.0 Å². The predicted octanol–water partition coefficient (Wildman–Crippen LogP) is 3.70. The summed E-state index contributed by atoms with van der Waals surface area (Å²) >= 11 is 0. The van der Waals surface area contributed by atoms with Crippen LogP contribution >= 0.6 is 0 Å². The molecule has 45 heavy (non-hydrogen) atoms. The molecule has 15 heteroatoms. The van der Waals surface area contributed by atoms with Crippen LogP contribution in [0.25, 0.3) is 11.0 Å². The van der Waals surface area contributed by atoms with Crippen molar-refractivity contribution in [2.75, 3.05) is 58.6 Å². The van der Waals surface area contributed by atoms with Crippen LogP contribution in [0.15, 0.2) is 35.5 Å². The van der Waals surface area contributed by atoms with Gasteiger partial charge in [0, 0.05) is 50.7 Å². The molecule has 2 heterocycles. The van der Waals surface area contributed by atoms with E-state index >= 15 is 0 Å². The van der Waals surface area contributed by atoms with Gasteiger partial charge >= 0.3 is 6.18 Å². The van der Waals surface area contributed by atoms with Crippen LogP contribution < -0.4 is 15.4 Å². The van der Waals surface area contributed by atoms with E-state index in [1.54, 1.807) is 7.11 Å². The summed E-state index contributed by atoms with van der Waals surface area (Å²) in [5.74, 6) is 4.41. The minimum Gasteiger partial charge on any atom is -0.494 e. The van der Waals surface area contributed by atoms with Crippen molar-refractivity contribution in [1.29, 1.82) is 0 Å². The number of benzene rings is 2. The number of piperidine rings is 1. The van der Waals surface area contributed by atoms with E-state index in [2.05, 4.69) is 32.4 Å². The topological polar surface area (TPSA) is 115 Å². The largest absolute Gasteiger partial charge is 0.494 e. The van der Waals surface area contributed by atoms with Crippen LogP contribution in [0.1, 0.15) is 29.3 Å². The molecule has 1 amide bonds. The molecule has 1 fully saturated rings. The quantitative estimate of drug-likeness (QED) is 0.252. The molecule has 0 unspecified atom stereocenters. The number of ether oxygens (including phenoxy) is 2. The van der Waals surface area contributed by atoms with Crippen molar-refractivity contribution < 1.29 is 40.2 Å². The number of carbonyl (C=O) groups excluding carboxylic acids is 1. The van der Waals surface area contributed by atoms with Gasteiger partial charge in [0.2, 0.25) is 0 Å². The van der Waals surface area contributed by atoms with E-state index in [0.717, 1.165) is 48.9 Å². The summed E-state index contributed by atoms with van der Waals surface area (Å²) < 4.78 is 89.3. The number of anilines is 1. The second-order valence-electron chi connectivity index (χ2n) is 10.9. The number of aromatic nitrogens is 2. The third-order valence-corrected chi connectivity index (χ3v) is 8.60. The van der Waals surface area contributed by atoms with Crippen LogP contribution in [0.5, 0.6) is 5.75 Å². The van der Waals surface area contributed by atoms with E-state index in [1.807, 2.05) is 6.92 Å². The fourth-order valence-electron chi connectivity index (χ4n) is 5.26. The third-order valence-electron chi connectivity index (χ3n) is 7.49. The minimum atomic E-state index is -4.52. The van der Waals surface area contributed by atoms with Crippen LogP contribution in [-0.2, 0) is 21.1 Å². The Morgan fingerprint density at radius 2 is 1.96 bits per heavy atom. The monoisotopic (exact) mass is 653 g/mol. The third kappa shape index (κ3) is 8.65. The zero-order chi connectivity index (χ0) is 32.9. The minimum absolute atomic E-state index is 0.0527. The average molecular weight is 654 g/mol. The van der Waals surface area contributed by atoms with E-state index in [9.17, 15) is 30.8 Å². The highest BCUT2D eigenvalue weighted by Crippen LogP contribution is 2.30. The van der Waals surface area contributed by atoms with Crippen molar-refractivity contribution in [2.24, 2.45) is 5.92 Å². The summed E-state index contributed by atoms with van der Waals surface area (Å²) in [5, 5.41) is 5.91. The van der Waals surface area contributed by atoms with Crippen LogP contribution in [0.4, 0.5) is 23.2 Å². The number of amides is 1. The van der Waals surface area contributed by atoms with Gasteiger partial charge in [-0.15, -0.1) is 0 Å². The summed E-state index contributed by atoms with van der Waals surface area (Å²) in [6.45, 7) is 3.57. The highest BCUT2D eigenvalue weighted by molar-refractivity contribution is 7.90. The van der Waals surface area contributed by atoms with E-state index in [4.69, 9.17) is 9.47 Å². The average Bonchev–Trinajstić information content (AvgIpc) is 3.35. The molecule has 3 aromatic rings. The number of carbonyl (C=O) groups is 1. The number of methoxy groups -OCH3 is 2. The highest BCUT2D eigenvalue weighted by Gasteiger charge is 2.31. The van der Waals surface area contributed by atoms with Gasteiger partial charge in [-0.05, 0) is 30.5 Å². The first kappa shape index (κ1) is 34.0. The molecule has 1 aliphatic rings. The Kier molecular flexibility index (Phi) is 10.6. The lowest BCUT2D eigenvalue weighted by Crippen LogP contribution is -2.50. The number of halogens is 4. The zero-order valence-corrected chi connectivity index (χ0v) is 26.1. The lowest BCUT2D eigenvalue weighted by Gasteiger charge is -2.37. The number of nitrogens with one attached hydrogen (secondary N) is 2. The predicted molar refractivity (Wildman–Crippen MR) is 161 cm³/mol. The number of nitrogens with zero attached hydrogens (tertiary/aromatic N) is 3. The van der Waals surface area contributed by atoms with Gasteiger partial charge in [0.15, 0.2) is 9.84 Å². The standard InChI is InChI=1S/C30H35F4N5O5S/c1-19-16-38(10-11-43-2)9-7-23(19)37-29(40)21-12-20(13-25-28(21)36-18-39(25)17-30(32,33)34)6-5-8-35-24-15-27(45(4,41)42)22(31)14-26(24)44-3/h12-15,18-19,23,35H,7-11,16-17H2,1-4H3,(H,37,40)/t19-,23-/m0/s1. The summed E-state index contributed by atoms with van der Waals surface area (Å²) in [5.41, 5.74) is 0.754. The van der Waals surface area contributed by atoms with Crippen molar-refractivity contribution in [3.8, 4) is 17.6 Å². The van der Waals surface area contributed by atoms with Gasteiger partial charge in [-0.2, -0.15) is 13.2 Å². The van der Waals surface area contributed by atoms with E-state index < -0.39 is 39.2 Å². The van der Waals surface area contributed by atoms with Gasteiger partial charge in [-0.1, -0.05) is 18.8 Å². The number of alkyl halides is 3. The number of likely N-dealkylation sites (tertiary alicyclic amines) is 1. The normalized spacial score (nSPS) is 17.5. The Morgan fingerprint density at radius 1 is 1.20 bits per heavy atom. The van der Waals surface area contributed by atoms with Crippen molar-refractivity contribution >= 4 is 32.5 Å². The zero-order valence-electron chi connectivity index (χ0n) is 25.3. The fraction of sp³-hybridized carbons (Fsp3) is 0.467. The molecule has 1 aromatic heterocycles. The van der Waals surface area contributed by atoms with Gasteiger partial charge in [-0.25, -0.2) is 17.8 Å². The Hall–Kier alpha value is -3.87. The smallest absolute Gasteiger partial charge is 0.406 e. The number of sulfone groups is 1. The molecular weight excluding hydrogens is 618 g/mol. The highest BCUT2D eigenvalue weighted by atomic mass is 32.2. The molecule has 10 nitrogen and oxygen atoms in total. The molecule has 0 aliphatic carbocycles. The van der Waals surface area contributed by atoms with Crippen molar-refractivity contribution in [3.63, 3.8) is 0 Å². The van der Waals surface area contributed by atoms with Crippen LogP contribution in [0, 0.1) is 23.6 Å². The first-order chi connectivity index (χ1) is 21.2. The molecule has 1 saturated heterocycles. The molecule has 0 spiro atoms. The first-order valence-electron chi connectivity index (χ1n) is 14.1. The molecule has 0 radical (unpaired) electrons. The Bertz CT molecular complexity index is 1720. The number of rotatable bonds is 10. The van der Waals surface area contributed by atoms with Gasteiger partial charge in [-0.3, -0.25) is 4.79 Å². The van der Waals surface area contributed by atoms with Crippen LogP contribution in [0.2, 0.25) is 0 Å². The Morgan fingerprint density at radius 3 is 2.60 bits per heavy atom. The summed E-state index contributed by atoms with van der Waals surface area (Å²) in [4.78, 5) is 19.4. The van der Waals surface area contributed by atoms with Crippen LogP contribution in [0.3, 0.4) is 0 Å². The van der Waals surface area contributed by atoms with E-state index in [1.165, 1.54) is 19.2 Å². The van der Waals surface area contributed by atoms with E-state index in [0.29, 0.717) is 13.0 Å². The SMILES string of the molecule is COCCN1CC[C@H](NC(=O)c2cc(C#CCNc3cc(S(C)(=O)=O)c(F)cc3OC)cc3c2ncn3CC(F)(F)F)[C@@H](C)C1. The molecule has 0 saturated carbocycles. The first-order valence-corrected chi connectivity index (χ1v) is 16.0. The van der Waals surface area contributed by atoms with Gasteiger partial charge in [0.25, 0.3) is 5.91 Å². The molecular formula is C30H35F4N5O5S. The molecule has 1 aliphatic heterocycles. The van der Waals surface area contributed by atoms with E-state index in [-0.39, 0.29) is 52.1 Å². The molecule has 4 rings (SSSR count). The molecule has 244 valence electrons. The van der Waals surface area contributed by atoms with Gasteiger partial charge in [0.05, 0.1) is 43.4 Å². The maximum Gasteiger partial charge on any atom is 0.406 e. The second kappa shape index (κ2) is 14.1. The van der Waals surface area contributed by atoms with Crippen LogP contribution in [-0.4, -0.2) is 94.3 Å². The fourth-order valence-corrected chi connectivity index (χ4v) is 6.00. The van der Waals surface area contributed by atoms with Crippen molar-refractivity contribution in [3.05, 3.63) is 47.5 Å². The van der Waals surface area contributed by atoms with Gasteiger partial charge in [0.1, 0.15) is 28.5 Å². The van der Waals surface area contributed by atoms with Gasteiger partial charge < -0.3 is 29.6 Å². The number of fused-ring (bicyclic) bond motifs is 1. The summed E-state index contributed by atoms with van der Waals surface area (Å²) in [6.07, 6.45) is -1.90. The molecule has 2 N–H and O–H groups in total. The Labute approximate surface area is 259 Å². The summed E-state index contributed by atoms with van der Waals surface area (Å²) in [6, 6.07) is 4.80. The molecule has 2 atom stereocenters. The number of imidazole rings is 1.